The fourth-order valence-electron chi connectivity index (χ4n) is 3.01. The molecule has 25 heavy (non-hydrogen) atoms. The van der Waals surface area contributed by atoms with Gasteiger partial charge in [-0.1, -0.05) is 12.5 Å². The summed E-state index contributed by atoms with van der Waals surface area (Å²) >= 11 is 0. The molecule has 4 heterocycles. The fourth-order valence-corrected chi connectivity index (χ4v) is 3.01. The molecule has 0 bridgehead atoms. The van der Waals surface area contributed by atoms with Crippen LogP contribution in [0.1, 0.15) is 36.6 Å². The highest BCUT2D eigenvalue weighted by Crippen LogP contribution is 2.24. The Labute approximate surface area is 143 Å². The summed E-state index contributed by atoms with van der Waals surface area (Å²) in [6.45, 7) is 1.10. The molecule has 1 unspecified atom stereocenters. The largest absolute Gasteiger partial charge is 0.351 e. The van der Waals surface area contributed by atoms with E-state index in [0.717, 1.165) is 31.4 Å². The number of aryl methyl sites for hydroxylation is 1. The standard InChI is InChI=1S/C15H17N9O/c25-15(12-5-1-2-7-23-14(12)20-21-22-23)18-8-11-4-3-6-17-13(11)24-10-16-9-19-24/h3-4,6,9-10,12H,1-2,5,7-8H2,(H,18,25). The molecule has 0 fully saturated rings. The first-order valence-electron chi connectivity index (χ1n) is 8.15. The molecule has 1 aliphatic rings. The maximum Gasteiger partial charge on any atom is 0.231 e. The Balaban J connectivity index is 1.50. The third-order valence-corrected chi connectivity index (χ3v) is 4.26. The van der Waals surface area contributed by atoms with Crippen molar-refractivity contribution in [2.24, 2.45) is 0 Å². The van der Waals surface area contributed by atoms with Gasteiger partial charge in [0, 0.05) is 24.8 Å². The van der Waals surface area contributed by atoms with E-state index in [9.17, 15) is 4.79 Å². The van der Waals surface area contributed by atoms with E-state index in [1.54, 1.807) is 21.9 Å². The SMILES string of the molecule is O=C(NCc1cccnc1-n1cncn1)C1CCCCn2nnnc21. The summed E-state index contributed by atoms with van der Waals surface area (Å²) in [6.07, 6.45) is 7.38. The van der Waals surface area contributed by atoms with E-state index in [1.165, 1.54) is 6.33 Å². The van der Waals surface area contributed by atoms with E-state index in [2.05, 4.69) is 35.9 Å². The van der Waals surface area contributed by atoms with Crippen LogP contribution in [0.2, 0.25) is 0 Å². The number of aromatic nitrogens is 8. The minimum Gasteiger partial charge on any atom is -0.351 e. The van der Waals surface area contributed by atoms with Crippen LogP contribution in [0.25, 0.3) is 5.82 Å². The van der Waals surface area contributed by atoms with Crippen LogP contribution in [-0.4, -0.2) is 45.9 Å². The molecule has 128 valence electrons. The highest BCUT2D eigenvalue weighted by Gasteiger charge is 2.28. The van der Waals surface area contributed by atoms with Crippen LogP contribution < -0.4 is 5.32 Å². The highest BCUT2D eigenvalue weighted by atomic mass is 16.1. The second kappa shape index (κ2) is 6.75. The van der Waals surface area contributed by atoms with Crippen molar-refractivity contribution < 1.29 is 4.79 Å². The predicted octanol–water partition coefficient (Wildman–Crippen LogP) is 0.233. The van der Waals surface area contributed by atoms with Crippen molar-refractivity contribution in [3.05, 3.63) is 42.4 Å². The Bertz CT molecular complexity index is 858. The maximum atomic E-state index is 12.7. The van der Waals surface area contributed by atoms with Gasteiger partial charge in [-0.05, 0) is 29.3 Å². The smallest absolute Gasteiger partial charge is 0.231 e. The van der Waals surface area contributed by atoms with Gasteiger partial charge in [0.2, 0.25) is 5.91 Å². The van der Waals surface area contributed by atoms with Crippen LogP contribution in [0.4, 0.5) is 0 Å². The van der Waals surface area contributed by atoms with Crippen molar-refractivity contribution >= 4 is 5.91 Å². The molecule has 10 nitrogen and oxygen atoms in total. The monoisotopic (exact) mass is 339 g/mol. The number of carbonyl (C=O) groups is 1. The Morgan fingerprint density at radius 3 is 3.20 bits per heavy atom. The number of pyridine rings is 1. The molecule has 0 saturated carbocycles. The molecule has 4 rings (SSSR count). The van der Waals surface area contributed by atoms with Gasteiger partial charge in [-0.25, -0.2) is 19.3 Å². The quantitative estimate of drug-likeness (QED) is 0.723. The molecule has 0 spiro atoms. The van der Waals surface area contributed by atoms with Crippen LogP contribution in [0.3, 0.4) is 0 Å². The zero-order valence-corrected chi connectivity index (χ0v) is 13.5. The Morgan fingerprint density at radius 1 is 1.36 bits per heavy atom. The van der Waals surface area contributed by atoms with E-state index in [0.29, 0.717) is 18.2 Å². The van der Waals surface area contributed by atoms with E-state index in [4.69, 9.17) is 0 Å². The fraction of sp³-hybridized carbons (Fsp3) is 0.400. The summed E-state index contributed by atoms with van der Waals surface area (Å²) in [6, 6.07) is 3.73. The molecule has 1 N–H and O–H groups in total. The molecule has 10 heteroatoms. The zero-order chi connectivity index (χ0) is 17.1. The van der Waals surface area contributed by atoms with Gasteiger partial charge in [0.15, 0.2) is 11.6 Å². The predicted molar refractivity (Wildman–Crippen MR) is 85.4 cm³/mol. The molecule has 3 aromatic rings. The number of tetrazole rings is 1. The minimum absolute atomic E-state index is 0.0775. The topological polar surface area (TPSA) is 116 Å². The molecule has 3 aromatic heterocycles. The van der Waals surface area contributed by atoms with Gasteiger partial charge in [-0.15, -0.1) is 5.10 Å². The molecule has 0 aromatic carbocycles. The first-order chi connectivity index (χ1) is 12.3. The molecule has 1 atom stereocenters. The van der Waals surface area contributed by atoms with Crippen molar-refractivity contribution in [2.45, 2.75) is 38.3 Å². The summed E-state index contributed by atoms with van der Waals surface area (Å²) in [5, 5.41) is 18.8. The summed E-state index contributed by atoms with van der Waals surface area (Å²) < 4.78 is 3.30. The molecule has 0 radical (unpaired) electrons. The lowest BCUT2D eigenvalue weighted by Gasteiger charge is -2.14. The number of nitrogens with zero attached hydrogens (tertiary/aromatic N) is 8. The first kappa shape index (κ1) is 15.4. The second-order valence-corrected chi connectivity index (χ2v) is 5.85. The third kappa shape index (κ3) is 3.10. The maximum absolute atomic E-state index is 12.7. The summed E-state index contributed by atoms with van der Waals surface area (Å²) in [5.74, 6) is 0.874. The normalized spacial score (nSPS) is 16.9. The van der Waals surface area contributed by atoms with Crippen molar-refractivity contribution in [1.29, 1.82) is 0 Å². The Kier molecular flexibility index (Phi) is 4.15. The number of hydrogen-bond acceptors (Lipinski definition) is 7. The van der Waals surface area contributed by atoms with Gasteiger partial charge in [0.25, 0.3) is 0 Å². The van der Waals surface area contributed by atoms with Crippen LogP contribution in [0.15, 0.2) is 31.0 Å². The molecule has 0 aliphatic carbocycles. The lowest BCUT2D eigenvalue weighted by Crippen LogP contribution is -2.30. The third-order valence-electron chi connectivity index (χ3n) is 4.26. The number of nitrogens with one attached hydrogen (secondary N) is 1. The van der Waals surface area contributed by atoms with E-state index >= 15 is 0 Å². The van der Waals surface area contributed by atoms with Gasteiger partial charge in [-0.3, -0.25) is 4.79 Å². The van der Waals surface area contributed by atoms with Gasteiger partial charge < -0.3 is 5.32 Å². The van der Waals surface area contributed by atoms with Crippen molar-refractivity contribution in [2.75, 3.05) is 0 Å². The number of fused-ring (bicyclic) bond motifs is 1. The lowest BCUT2D eigenvalue weighted by molar-refractivity contribution is -0.123. The van der Waals surface area contributed by atoms with Crippen LogP contribution in [0, 0.1) is 0 Å². The first-order valence-corrected chi connectivity index (χ1v) is 8.15. The average Bonchev–Trinajstić information content (AvgIpc) is 3.29. The van der Waals surface area contributed by atoms with E-state index in [-0.39, 0.29) is 11.8 Å². The minimum atomic E-state index is -0.330. The Morgan fingerprint density at radius 2 is 2.32 bits per heavy atom. The number of rotatable bonds is 4. The average molecular weight is 339 g/mol. The van der Waals surface area contributed by atoms with E-state index < -0.39 is 0 Å². The van der Waals surface area contributed by atoms with Crippen LogP contribution in [0.5, 0.6) is 0 Å². The summed E-state index contributed by atoms with van der Waals surface area (Å²) in [4.78, 5) is 21.0. The van der Waals surface area contributed by atoms with Crippen molar-refractivity contribution in [1.82, 2.24) is 45.3 Å². The van der Waals surface area contributed by atoms with Gasteiger partial charge in [0.05, 0.1) is 5.92 Å². The Hall–Kier alpha value is -3.17. The summed E-state index contributed by atoms with van der Waals surface area (Å²) in [7, 11) is 0. The van der Waals surface area contributed by atoms with E-state index in [1.807, 2.05) is 12.1 Å². The number of amides is 1. The molecule has 1 amide bonds. The summed E-state index contributed by atoms with van der Waals surface area (Å²) in [5.41, 5.74) is 0.856. The molecule has 1 aliphatic heterocycles. The van der Waals surface area contributed by atoms with Gasteiger partial charge in [-0.2, -0.15) is 5.10 Å². The van der Waals surface area contributed by atoms with Crippen molar-refractivity contribution in [3.8, 4) is 5.82 Å². The van der Waals surface area contributed by atoms with Crippen LogP contribution >= 0.6 is 0 Å². The van der Waals surface area contributed by atoms with Gasteiger partial charge in [0.1, 0.15) is 12.7 Å². The lowest BCUT2D eigenvalue weighted by atomic mass is 10.0. The van der Waals surface area contributed by atoms with Crippen molar-refractivity contribution in [3.63, 3.8) is 0 Å². The second-order valence-electron chi connectivity index (χ2n) is 5.85. The highest BCUT2D eigenvalue weighted by molar-refractivity contribution is 5.82. The number of hydrogen-bond donors (Lipinski definition) is 1. The molecular weight excluding hydrogens is 322 g/mol. The molecular formula is C15H17N9O. The van der Waals surface area contributed by atoms with Crippen LogP contribution in [-0.2, 0) is 17.9 Å². The molecule has 0 saturated heterocycles. The zero-order valence-electron chi connectivity index (χ0n) is 13.5. The van der Waals surface area contributed by atoms with Gasteiger partial charge >= 0.3 is 0 Å². The number of carbonyl (C=O) groups excluding carboxylic acids is 1.